The summed E-state index contributed by atoms with van der Waals surface area (Å²) < 4.78 is 11.0. The smallest absolute Gasteiger partial charge is 0.278 e. The van der Waals surface area contributed by atoms with Crippen LogP contribution in [0, 0.1) is 6.92 Å². The molecule has 0 fully saturated rings. The highest BCUT2D eigenvalue weighted by Gasteiger charge is 2.15. The average Bonchev–Trinajstić information content (AvgIpc) is 2.72. The van der Waals surface area contributed by atoms with Crippen molar-refractivity contribution < 1.29 is 14.3 Å². The molecular weight excluding hydrogens is 392 g/mol. The lowest BCUT2D eigenvalue weighted by Crippen LogP contribution is -2.18. The number of anilines is 1. The lowest BCUT2D eigenvalue weighted by molar-refractivity contribution is -0.113. The van der Waals surface area contributed by atoms with Gasteiger partial charge in [0.15, 0.2) is 22.3 Å². The second kappa shape index (κ2) is 8.36. The van der Waals surface area contributed by atoms with E-state index >= 15 is 0 Å². The molecule has 2 N–H and O–H groups in total. The summed E-state index contributed by atoms with van der Waals surface area (Å²) in [4.78, 5) is 27.2. The van der Waals surface area contributed by atoms with E-state index in [-0.39, 0.29) is 22.5 Å². The minimum Gasteiger partial charge on any atom is -0.486 e. The van der Waals surface area contributed by atoms with Crippen LogP contribution in [0.1, 0.15) is 5.56 Å². The van der Waals surface area contributed by atoms with Crippen molar-refractivity contribution in [3.05, 3.63) is 58.4 Å². The van der Waals surface area contributed by atoms with Gasteiger partial charge in [-0.25, -0.2) is 0 Å². The first-order chi connectivity index (χ1) is 14.1. The van der Waals surface area contributed by atoms with Crippen molar-refractivity contribution in [2.24, 2.45) is 0 Å². The quantitative estimate of drug-likeness (QED) is 0.623. The van der Waals surface area contributed by atoms with Gasteiger partial charge in [-0.3, -0.25) is 14.6 Å². The predicted molar refractivity (Wildman–Crippen MR) is 110 cm³/mol. The minimum atomic E-state index is -0.390. The Labute approximate surface area is 170 Å². The molecule has 0 aliphatic carbocycles. The number of carbonyl (C=O) groups is 1. The Balaban J connectivity index is 1.42. The van der Waals surface area contributed by atoms with Gasteiger partial charge in [0.2, 0.25) is 5.91 Å². The molecule has 0 saturated heterocycles. The summed E-state index contributed by atoms with van der Waals surface area (Å²) in [5.74, 6) is 1.11. The van der Waals surface area contributed by atoms with Crippen molar-refractivity contribution >= 4 is 23.4 Å². The normalized spacial score (nSPS) is 12.4. The maximum Gasteiger partial charge on any atom is 0.278 e. The molecule has 8 nitrogen and oxygen atoms in total. The molecule has 9 heteroatoms. The van der Waals surface area contributed by atoms with E-state index in [9.17, 15) is 9.59 Å². The standard InChI is InChI=1S/C20H18N4O4S/c1-12-3-2-4-14(9-12)21-17(25)11-29-20-22-19(26)18(23-24-20)13-5-6-15-16(10-13)28-8-7-27-15/h2-6,9-10H,7-8,11H2,1H3,(H,21,25)(H,22,24,26). The number of amides is 1. The molecule has 2 heterocycles. The number of benzene rings is 2. The Bertz CT molecular complexity index is 1120. The highest BCUT2D eigenvalue weighted by Crippen LogP contribution is 2.33. The number of hydrogen-bond acceptors (Lipinski definition) is 7. The minimum absolute atomic E-state index is 0.0991. The fourth-order valence-corrected chi connectivity index (χ4v) is 3.42. The molecule has 0 atom stereocenters. The number of aryl methyl sites for hydroxylation is 1. The van der Waals surface area contributed by atoms with E-state index in [1.807, 2.05) is 31.2 Å². The fourth-order valence-electron chi connectivity index (χ4n) is 2.82. The van der Waals surface area contributed by atoms with Crippen LogP contribution in [0.25, 0.3) is 11.3 Å². The number of nitrogens with zero attached hydrogens (tertiary/aromatic N) is 2. The Morgan fingerprint density at radius 1 is 1.14 bits per heavy atom. The third-order valence-corrected chi connectivity index (χ3v) is 5.00. The molecule has 3 aromatic rings. The maximum atomic E-state index is 12.4. The summed E-state index contributed by atoms with van der Waals surface area (Å²) in [6, 6.07) is 12.7. The first-order valence-corrected chi connectivity index (χ1v) is 9.93. The summed E-state index contributed by atoms with van der Waals surface area (Å²) in [6.45, 7) is 2.91. The van der Waals surface area contributed by atoms with Gasteiger partial charge in [-0.1, -0.05) is 23.9 Å². The van der Waals surface area contributed by atoms with Gasteiger partial charge in [0.25, 0.3) is 5.56 Å². The SMILES string of the molecule is Cc1cccc(NC(=O)CSc2nnc(-c3ccc4c(c3)OCCO4)c(=O)[nH]2)c1. The van der Waals surface area contributed by atoms with E-state index in [1.165, 1.54) is 0 Å². The van der Waals surface area contributed by atoms with Gasteiger partial charge in [0.1, 0.15) is 13.2 Å². The number of carbonyl (C=O) groups excluding carboxylic acids is 1. The number of rotatable bonds is 5. The van der Waals surface area contributed by atoms with E-state index < -0.39 is 5.56 Å². The second-order valence-corrected chi connectivity index (χ2v) is 7.34. The van der Waals surface area contributed by atoms with Gasteiger partial charge >= 0.3 is 0 Å². The molecule has 0 saturated carbocycles. The van der Waals surface area contributed by atoms with Crippen molar-refractivity contribution in [3.63, 3.8) is 0 Å². The van der Waals surface area contributed by atoms with Gasteiger partial charge in [-0.05, 0) is 42.8 Å². The third-order valence-electron chi connectivity index (χ3n) is 4.13. The van der Waals surface area contributed by atoms with Crippen LogP contribution in [0.4, 0.5) is 5.69 Å². The second-order valence-electron chi connectivity index (χ2n) is 6.37. The van der Waals surface area contributed by atoms with Gasteiger partial charge in [0.05, 0.1) is 5.75 Å². The lowest BCUT2D eigenvalue weighted by atomic mass is 10.1. The van der Waals surface area contributed by atoms with Crippen molar-refractivity contribution in [1.82, 2.24) is 15.2 Å². The summed E-state index contributed by atoms with van der Waals surface area (Å²) in [7, 11) is 0. The molecule has 1 aliphatic rings. The van der Waals surface area contributed by atoms with E-state index in [0.717, 1.165) is 23.0 Å². The van der Waals surface area contributed by atoms with Crippen LogP contribution >= 0.6 is 11.8 Å². The van der Waals surface area contributed by atoms with Crippen LogP contribution < -0.4 is 20.3 Å². The molecule has 0 bridgehead atoms. The third kappa shape index (κ3) is 4.57. The van der Waals surface area contributed by atoms with E-state index in [4.69, 9.17) is 9.47 Å². The van der Waals surface area contributed by atoms with Crippen molar-refractivity contribution in [2.75, 3.05) is 24.3 Å². The summed E-state index contributed by atoms with van der Waals surface area (Å²) in [5.41, 5.74) is 2.15. The van der Waals surface area contributed by atoms with Crippen molar-refractivity contribution in [2.45, 2.75) is 12.1 Å². The topological polar surface area (TPSA) is 106 Å². The Morgan fingerprint density at radius 3 is 2.76 bits per heavy atom. The zero-order valence-electron chi connectivity index (χ0n) is 15.6. The Kier molecular flexibility index (Phi) is 5.48. The largest absolute Gasteiger partial charge is 0.486 e. The fraction of sp³-hybridized carbons (Fsp3) is 0.200. The number of nitrogens with one attached hydrogen (secondary N) is 2. The summed E-state index contributed by atoms with van der Waals surface area (Å²) in [6.07, 6.45) is 0. The predicted octanol–water partition coefficient (Wildman–Crippen LogP) is 2.64. The van der Waals surface area contributed by atoms with Crippen LogP contribution in [0.2, 0.25) is 0 Å². The molecule has 2 aromatic carbocycles. The monoisotopic (exact) mass is 410 g/mol. The summed E-state index contributed by atoms with van der Waals surface area (Å²) >= 11 is 1.11. The Morgan fingerprint density at radius 2 is 1.97 bits per heavy atom. The zero-order valence-corrected chi connectivity index (χ0v) is 16.4. The number of aromatic nitrogens is 3. The van der Waals surface area contributed by atoms with Gasteiger partial charge in [0, 0.05) is 11.3 Å². The number of thioether (sulfide) groups is 1. The molecule has 0 spiro atoms. The highest BCUT2D eigenvalue weighted by molar-refractivity contribution is 7.99. The van der Waals surface area contributed by atoms with E-state index in [2.05, 4.69) is 20.5 Å². The Hall–Kier alpha value is -3.33. The van der Waals surface area contributed by atoms with Gasteiger partial charge in [-0.15, -0.1) is 10.2 Å². The molecule has 1 aliphatic heterocycles. The molecule has 4 rings (SSSR count). The molecule has 1 amide bonds. The van der Waals surface area contributed by atoms with Crippen LogP contribution in [-0.2, 0) is 4.79 Å². The van der Waals surface area contributed by atoms with Crippen LogP contribution in [-0.4, -0.2) is 40.1 Å². The van der Waals surface area contributed by atoms with E-state index in [1.54, 1.807) is 18.2 Å². The lowest BCUT2D eigenvalue weighted by Gasteiger charge is -2.18. The van der Waals surface area contributed by atoms with Crippen molar-refractivity contribution in [1.29, 1.82) is 0 Å². The molecule has 29 heavy (non-hydrogen) atoms. The first-order valence-electron chi connectivity index (χ1n) is 8.95. The summed E-state index contributed by atoms with van der Waals surface area (Å²) in [5, 5.41) is 11.1. The van der Waals surface area contributed by atoms with Gasteiger partial charge in [-0.2, -0.15) is 0 Å². The molecule has 0 radical (unpaired) electrons. The number of aromatic amines is 1. The van der Waals surface area contributed by atoms with Crippen LogP contribution in [0.15, 0.2) is 52.4 Å². The number of ether oxygens (including phenoxy) is 2. The molecule has 148 valence electrons. The van der Waals surface area contributed by atoms with Crippen LogP contribution in [0.5, 0.6) is 11.5 Å². The average molecular weight is 410 g/mol. The van der Waals surface area contributed by atoms with E-state index in [0.29, 0.717) is 30.3 Å². The zero-order chi connectivity index (χ0) is 20.2. The molecule has 1 aromatic heterocycles. The first kappa shape index (κ1) is 19.0. The highest BCUT2D eigenvalue weighted by atomic mass is 32.2. The number of fused-ring (bicyclic) bond motifs is 1. The maximum absolute atomic E-state index is 12.4. The van der Waals surface area contributed by atoms with Crippen LogP contribution in [0.3, 0.4) is 0 Å². The van der Waals surface area contributed by atoms with Crippen molar-refractivity contribution in [3.8, 4) is 22.8 Å². The molecular formula is C20H18N4O4S. The number of hydrogen-bond donors (Lipinski definition) is 2. The molecule has 0 unspecified atom stereocenters. The van der Waals surface area contributed by atoms with Gasteiger partial charge < -0.3 is 14.8 Å². The number of H-pyrrole nitrogens is 1.